The maximum absolute atomic E-state index is 11.9. The molecule has 0 saturated heterocycles. The van der Waals surface area contributed by atoms with Crippen LogP contribution < -0.4 is 11.1 Å². The molecule has 1 aromatic rings. The van der Waals surface area contributed by atoms with Gasteiger partial charge >= 0.3 is 6.09 Å². The predicted octanol–water partition coefficient (Wildman–Crippen LogP) is 3.68. The van der Waals surface area contributed by atoms with Gasteiger partial charge in [-0.15, -0.1) is 0 Å². The van der Waals surface area contributed by atoms with Gasteiger partial charge in [-0.25, -0.2) is 4.79 Å². The predicted molar refractivity (Wildman–Crippen MR) is 80.8 cm³/mol. The second kappa shape index (κ2) is 5.09. The van der Waals surface area contributed by atoms with Gasteiger partial charge in [-0.05, 0) is 64.2 Å². The molecule has 0 bridgehead atoms. The van der Waals surface area contributed by atoms with E-state index in [4.69, 9.17) is 10.5 Å². The Bertz CT molecular complexity index is 514. The molecule has 1 fully saturated rings. The molecule has 4 heteroatoms. The van der Waals surface area contributed by atoms with Crippen LogP contribution in [0.4, 0.5) is 10.5 Å². The summed E-state index contributed by atoms with van der Waals surface area (Å²) in [5.41, 5.74) is 8.58. The number of nitrogens with two attached hydrogens (primary N) is 1. The SMILES string of the molecule is Cc1c(NC(=O)OC(C)(C)C)cccc1C1(N)CCC1. The summed E-state index contributed by atoms with van der Waals surface area (Å²) in [6.45, 7) is 7.53. The lowest BCUT2D eigenvalue weighted by atomic mass is 9.71. The molecule has 110 valence electrons. The summed E-state index contributed by atoms with van der Waals surface area (Å²) in [5.74, 6) is 0. The van der Waals surface area contributed by atoms with Crippen LogP contribution in [0.2, 0.25) is 0 Å². The zero-order chi connectivity index (χ0) is 15.0. The number of amides is 1. The molecule has 3 N–H and O–H groups in total. The van der Waals surface area contributed by atoms with Gasteiger partial charge in [0, 0.05) is 11.2 Å². The number of nitrogens with one attached hydrogen (secondary N) is 1. The van der Waals surface area contributed by atoms with Crippen molar-refractivity contribution in [1.82, 2.24) is 0 Å². The minimum Gasteiger partial charge on any atom is -0.444 e. The lowest BCUT2D eigenvalue weighted by molar-refractivity contribution is 0.0635. The highest BCUT2D eigenvalue weighted by Crippen LogP contribution is 2.41. The lowest BCUT2D eigenvalue weighted by Crippen LogP contribution is -2.44. The van der Waals surface area contributed by atoms with Crippen LogP contribution >= 0.6 is 0 Å². The Balaban J connectivity index is 2.17. The molecular weight excluding hydrogens is 252 g/mol. The van der Waals surface area contributed by atoms with E-state index in [1.165, 1.54) is 6.42 Å². The number of hydrogen-bond donors (Lipinski definition) is 2. The smallest absolute Gasteiger partial charge is 0.412 e. The van der Waals surface area contributed by atoms with Crippen LogP contribution in [0.25, 0.3) is 0 Å². The zero-order valence-corrected chi connectivity index (χ0v) is 12.7. The van der Waals surface area contributed by atoms with Crippen molar-refractivity contribution in [3.8, 4) is 0 Å². The third-order valence-electron chi connectivity index (χ3n) is 3.75. The van der Waals surface area contributed by atoms with Crippen molar-refractivity contribution in [1.29, 1.82) is 0 Å². The van der Waals surface area contributed by atoms with Gasteiger partial charge < -0.3 is 10.5 Å². The molecule has 0 heterocycles. The highest BCUT2D eigenvalue weighted by atomic mass is 16.6. The van der Waals surface area contributed by atoms with Gasteiger partial charge in [-0.1, -0.05) is 12.1 Å². The molecule has 2 rings (SSSR count). The fourth-order valence-electron chi connectivity index (χ4n) is 2.55. The third-order valence-corrected chi connectivity index (χ3v) is 3.75. The van der Waals surface area contributed by atoms with E-state index in [1.54, 1.807) is 0 Å². The van der Waals surface area contributed by atoms with Gasteiger partial charge in [0.15, 0.2) is 0 Å². The number of carbonyl (C=O) groups is 1. The number of hydrogen-bond acceptors (Lipinski definition) is 3. The van der Waals surface area contributed by atoms with Crippen molar-refractivity contribution in [2.75, 3.05) is 5.32 Å². The van der Waals surface area contributed by atoms with Crippen LogP contribution in [0.15, 0.2) is 18.2 Å². The van der Waals surface area contributed by atoms with Gasteiger partial charge in [-0.3, -0.25) is 5.32 Å². The fourth-order valence-corrected chi connectivity index (χ4v) is 2.55. The van der Waals surface area contributed by atoms with E-state index in [-0.39, 0.29) is 5.54 Å². The maximum Gasteiger partial charge on any atom is 0.412 e. The summed E-state index contributed by atoms with van der Waals surface area (Å²) < 4.78 is 5.28. The fraction of sp³-hybridized carbons (Fsp3) is 0.562. The van der Waals surface area contributed by atoms with E-state index in [0.717, 1.165) is 29.7 Å². The molecule has 0 aromatic heterocycles. The molecule has 0 unspecified atom stereocenters. The van der Waals surface area contributed by atoms with Gasteiger partial charge in [-0.2, -0.15) is 0 Å². The van der Waals surface area contributed by atoms with E-state index in [9.17, 15) is 4.79 Å². The number of ether oxygens (including phenoxy) is 1. The van der Waals surface area contributed by atoms with Gasteiger partial charge in [0.2, 0.25) is 0 Å². The van der Waals surface area contributed by atoms with E-state index in [1.807, 2.05) is 39.8 Å². The van der Waals surface area contributed by atoms with Crippen LogP contribution in [0.1, 0.15) is 51.2 Å². The average molecular weight is 276 g/mol. The molecule has 1 aliphatic carbocycles. The summed E-state index contributed by atoms with van der Waals surface area (Å²) in [4.78, 5) is 11.9. The summed E-state index contributed by atoms with van der Waals surface area (Å²) >= 11 is 0. The van der Waals surface area contributed by atoms with Crippen LogP contribution in [0.3, 0.4) is 0 Å². The Morgan fingerprint density at radius 3 is 2.50 bits per heavy atom. The summed E-state index contributed by atoms with van der Waals surface area (Å²) in [7, 11) is 0. The quantitative estimate of drug-likeness (QED) is 0.866. The third kappa shape index (κ3) is 3.12. The van der Waals surface area contributed by atoms with Crippen molar-refractivity contribution in [2.24, 2.45) is 5.73 Å². The van der Waals surface area contributed by atoms with Crippen LogP contribution in [0, 0.1) is 6.92 Å². The topological polar surface area (TPSA) is 64.3 Å². The molecule has 20 heavy (non-hydrogen) atoms. The van der Waals surface area contributed by atoms with Gasteiger partial charge in [0.05, 0.1) is 0 Å². The molecular formula is C16H24N2O2. The molecule has 0 aliphatic heterocycles. The van der Waals surface area contributed by atoms with Gasteiger partial charge in [0.1, 0.15) is 5.60 Å². The molecule has 1 aromatic carbocycles. The Labute approximate surface area is 120 Å². The minimum atomic E-state index is -0.501. The normalized spacial score (nSPS) is 17.2. The van der Waals surface area contributed by atoms with E-state index in [2.05, 4.69) is 11.4 Å². The lowest BCUT2D eigenvalue weighted by Gasteiger charge is -2.40. The molecule has 0 atom stereocenters. The standard InChI is InChI=1S/C16H24N2O2/c1-11-12(16(17)9-6-10-16)7-5-8-13(11)18-14(19)20-15(2,3)4/h5,7-8H,6,9-10,17H2,1-4H3,(H,18,19). The maximum atomic E-state index is 11.9. The van der Waals surface area contributed by atoms with Crippen molar-refractivity contribution < 1.29 is 9.53 Å². The largest absolute Gasteiger partial charge is 0.444 e. The number of carbonyl (C=O) groups excluding carboxylic acids is 1. The monoisotopic (exact) mass is 276 g/mol. The second-order valence-corrected chi connectivity index (χ2v) is 6.61. The summed E-state index contributed by atoms with van der Waals surface area (Å²) in [5, 5.41) is 2.81. The first-order valence-corrected chi connectivity index (χ1v) is 7.10. The molecule has 0 radical (unpaired) electrons. The van der Waals surface area contributed by atoms with Crippen molar-refractivity contribution in [2.45, 2.75) is 58.1 Å². The number of anilines is 1. The molecule has 1 amide bonds. The first kappa shape index (κ1) is 14.9. The van der Waals surface area contributed by atoms with Crippen LogP contribution in [-0.4, -0.2) is 11.7 Å². The zero-order valence-electron chi connectivity index (χ0n) is 12.7. The number of rotatable bonds is 2. The van der Waals surface area contributed by atoms with E-state index in [0.29, 0.717) is 0 Å². The minimum absolute atomic E-state index is 0.226. The summed E-state index contributed by atoms with van der Waals surface area (Å²) in [6, 6.07) is 5.86. The van der Waals surface area contributed by atoms with Crippen LogP contribution in [-0.2, 0) is 10.3 Å². The first-order valence-electron chi connectivity index (χ1n) is 7.10. The molecule has 1 saturated carbocycles. The second-order valence-electron chi connectivity index (χ2n) is 6.61. The van der Waals surface area contributed by atoms with Crippen molar-refractivity contribution in [3.63, 3.8) is 0 Å². The Kier molecular flexibility index (Phi) is 3.78. The van der Waals surface area contributed by atoms with Crippen LogP contribution in [0.5, 0.6) is 0 Å². The van der Waals surface area contributed by atoms with E-state index >= 15 is 0 Å². The Morgan fingerprint density at radius 2 is 2.00 bits per heavy atom. The molecule has 4 nitrogen and oxygen atoms in total. The summed E-state index contributed by atoms with van der Waals surface area (Å²) in [6.07, 6.45) is 2.74. The molecule has 0 spiro atoms. The van der Waals surface area contributed by atoms with Crippen molar-refractivity contribution in [3.05, 3.63) is 29.3 Å². The highest BCUT2D eigenvalue weighted by Gasteiger charge is 2.35. The van der Waals surface area contributed by atoms with Gasteiger partial charge in [0.25, 0.3) is 0 Å². The first-order chi connectivity index (χ1) is 9.21. The Hall–Kier alpha value is -1.55. The Morgan fingerprint density at radius 1 is 1.35 bits per heavy atom. The average Bonchev–Trinajstić information content (AvgIpc) is 2.26. The van der Waals surface area contributed by atoms with Crippen molar-refractivity contribution >= 4 is 11.8 Å². The molecule has 1 aliphatic rings. The number of benzene rings is 1. The van der Waals surface area contributed by atoms with E-state index < -0.39 is 11.7 Å². The highest BCUT2D eigenvalue weighted by molar-refractivity contribution is 5.86.